The number of hydrogen-bond acceptors (Lipinski definition) is 5. The van der Waals surface area contributed by atoms with Gasteiger partial charge in [-0.2, -0.15) is 0 Å². The van der Waals surface area contributed by atoms with Gasteiger partial charge in [0, 0.05) is 19.5 Å². The Morgan fingerprint density at radius 3 is 2.76 bits per heavy atom. The molecule has 2 rings (SSSR count). The van der Waals surface area contributed by atoms with E-state index in [1.807, 2.05) is 30.3 Å². The number of carbonyl (C=O) groups excluding carboxylic acids is 2. The highest BCUT2D eigenvalue weighted by atomic mass is 16.5. The number of hydrogen-bond donors (Lipinski definition) is 2. The van der Waals surface area contributed by atoms with Crippen LogP contribution in [-0.2, 0) is 20.9 Å². The van der Waals surface area contributed by atoms with E-state index < -0.39 is 18.1 Å². The molecule has 114 valence electrons. The molecular weight excluding hydrogens is 272 g/mol. The average Bonchev–Trinajstić information content (AvgIpc) is 2.86. The number of esters is 1. The number of methoxy groups -OCH3 is 1. The highest BCUT2D eigenvalue weighted by Gasteiger charge is 2.37. The van der Waals surface area contributed by atoms with Crippen molar-refractivity contribution in [3.8, 4) is 0 Å². The molecule has 1 aromatic carbocycles. The Kier molecular flexibility index (Phi) is 5.30. The molecule has 1 aromatic rings. The number of nitrogens with zero attached hydrogens (tertiary/aromatic N) is 1. The number of β-amino-alcohol motifs (C(OH)–C–C–N with tert-alkyl or cyclic N) is 1. The van der Waals surface area contributed by atoms with Gasteiger partial charge in [-0.15, -0.1) is 0 Å². The van der Waals surface area contributed by atoms with Crippen molar-refractivity contribution in [2.45, 2.75) is 25.1 Å². The molecule has 21 heavy (non-hydrogen) atoms. The van der Waals surface area contributed by atoms with Gasteiger partial charge in [-0.3, -0.25) is 14.5 Å². The van der Waals surface area contributed by atoms with E-state index in [2.05, 4.69) is 5.32 Å². The van der Waals surface area contributed by atoms with Crippen LogP contribution in [0.15, 0.2) is 30.3 Å². The third-order valence-electron chi connectivity index (χ3n) is 3.53. The third-order valence-corrected chi connectivity index (χ3v) is 3.53. The Hall–Kier alpha value is -1.92. The number of aliphatic hydroxyl groups excluding tert-OH is 1. The number of aliphatic hydroxyl groups is 1. The summed E-state index contributed by atoms with van der Waals surface area (Å²) in [5.41, 5.74) is 1.01. The van der Waals surface area contributed by atoms with E-state index in [0.29, 0.717) is 19.5 Å². The van der Waals surface area contributed by atoms with Crippen LogP contribution in [0.3, 0.4) is 0 Å². The predicted molar refractivity (Wildman–Crippen MR) is 76.3 cm³/mol. The van der Waals surface area contributed by atoms with Crippen LogP contribution in [0.2, 0.25) is 0 Å². The third kappa shape index (κ3) is 4.27. The summed E-state index contributed by atoms with van der Waals surface area (Å²) in [5, 5.41) is 12.5. The lowest BCUT2D eigenvalue weighted by Crippen LogP contribution is -2.43. The smallest absolute Gasteiger partial charge is 0.323 e. The van der Waals surface area contributed by atoms with Crippen molar-refractivity contribution >= 4 is 11.9 Å². The zero-order chi connectivity index (χ0) is 15.2. The van der Waals surface area contributed by atoms with Gasteiger partial charge in [-0.25, -0.2) is 0 Å². The molecule has 0 spiro atoms. The molecule has 0 saturated carbocycles. The maximum atomic E-state index is 11.9. The second-order valence-electron chi connectivity index (χ2n) is 5.12. The minimum atomic E-state index is -0.601. The van der Waals surface area contributed by atoms with Crippen LogP contribution in [0.5, 0.6) is 0 Å². The second-order valence-corrected chi connectivity index (χ2v) is 5.12. The van der Waals surface area contributed by atoms with Crippen LogP contribution in [0.4, 0.5) is 0 Å². The van der Waals surface area contributed by atoms with E-state index in [-0.39, 0.29) is 12.5 Å². The number of benzene rings is 1. The van der Waals surface area contributed by atoms with Gasteiger partial charge in [0.25, 0.3) is 0 Å². The largest absolute Gasteiger partial charge is 0.468 e. The predicted octanol–water partition coefficient (Wildman–Crippen LogP) is -0.0890. The second kappa shape index (κ2) is 7.19. The van der Waals surface area contributed by atoms with Gasteiger partial charge < -0.3 is 15.2 Å². The Balaban J connectivity index is 1.85. The SMILES string of the molecule is COC(=O)C1CC(O)CN1CC(=O)NCc1ccccc1. The maximum absolute atomic E-state index is 11.9. The molecule has 2 N–H and O–H groups in total. The molecule has 0 radical (unpaired) electrons. The van der Waals surface area contributed by atoms with Crippen molar-refractivity contribution in [3.63, 3.8) is 0 Å². The molecule has 2 atom stereocenters. The minimum absolute atomic E-state index is 0.0731. The van der Waals surface area contributed by atoms with Crippen molar-refractivity contribution in [2.24, 2.45) is 0 Å². The van der Waals surface area contributed by atoms with Crippen LogP contribution >= 0.6 is 0 Å². The molecule has 1 aliphatic rings. The van der Waals surface area contributed by atoms with E-state index in [4.69, 9.17) is 4.74 Å². The molecule has 6 heteroatoms. The quantitative estimate of drug-likeness (QED) is 0.742. The highest BCUT2D eigenvalue weighted by molar-refractivity contribution is 5.80. The fraction of sp³-hybridized carbons (Fsp3) is 0.467. The summed E-state index contributed by atoms with van der Waals surface area (Å²) in [6.45, 7) is 0.821. The van der Waals surface area contributed by atoms with Gasteiger partial charge >= 0.3 is 5.97 Å². The van der Waals surface area contributed by atoms with Crippen LogP contribution in [0, 0.1) is 0 Å². The number of amides is 1. The fourth-order valence-corrected chi connectivity index (χ4v) is 2.47. The standard InChI is InChI=1S/C15H20N2O4/c1-21-15(20)13-7-12(18)9-17(13)10-14(19)16-8-11-5-3-2-4-6-11/h2-6,12-13,18H,7-10H2,1H3,(H,16,19). The summed E-state index contributed by atoms with van der Waals surface area (Å²) in [7, 11) is 1.31. The molecule has 0 aliphatic carbocycles. The molecule has 1 fully saturated rings. The number of rotatable bonds is 5. The monoisotopic (exact) mass is 292 g/mol. The van der Waals surface area contributed by atoms with Gasteiger partial charge in [-0.1, -0.05) is 30.3 Å². The van der Waals surface area contributed by atoms with Gasteiger partial charge in [0.15, 0.2) is 0 Å². The van der Waals surface area contributed by atoms with Gasteiger partial charge in [-0.05, 0) is 5.56 Å². The summed E-state index contributed by atoms with van der Waals surface area (Å²) in [6, 6.07) is 9.04. The number of nitrogens with one attached hydrogen (secondary N) is 1. The van der Waals surface area contributed by atoms with E-state index in [1.165, 1.54) is 7.11 Å². The van der Waals surface area contributed by atoms with E-state index in [0.717, 1.165) is 5.56 Å². The molecule has 0 aromatic heterocycles. The molecule has 1 heterocycles. The van der Waals surface area contributed by atoms with E-state index in [9.17, 15) is 14.7 Å². The zero-order valence-corrected chi connectivity index (χ0v) is 12.0. The molecule has 1 saturated heterocycles. The van der Waals surface area contributed by atoms with Crippen molar-refractivity contribution in [1.82, 2.24) is 10.2 Å². The molecule has 2 unspecified atom stereocenters. The Morgan fingerprint density at radius 1 is 1.38 bits per heavy atom. The minimum Gasteiger partial charge on any atom is -0.468 e. The summed E-state index contributed by atoms with van der Waals surface area (Å²) >= 11 is 0. The normalized spacial score (nSPS) is 22.0. The van der Waals surface area contributed by atoms with Crippen LogP contribution in [-0.4, -0.2) is 54.2 Å². The van der Waals surface area contributed by atoms with Crippen molar-refractivity contribution < 1.29 is 19.4 Å². The Morgan fingerprint density at radius 2 is 2.10 bits per heavy atom. The lowest BCUT2D eigenvalue weighted by Gasteiger charge is -2.21. The topological polar surface area (TPSA) is 78.9 Å². The Labute approximate surface area is 123 Å². The van der Waals surface area contributed by atoms with Crippen LogP contribution < -0.4 is 5.32 Å². The van der Waals surface area contributed by atoms with Crippen LogP contribution in [0.25, 0.3) is 0 Å². The first-order valence-corrected chi connectivity index (χ1v) is 6.90. The summed E-state index contributed by atoms with van der Waals surface area (Å²) in [5.74, 6) is -0.593. The van der Waals surface area contributed by atoms with Gasteiger partial charge in [0.1, 0.15) is 6.04 Å². The van der Waals surface area contributed by atoms with Gasteiger partial charge in [0.2, 0.25) is 5.91 Å². The number of likely N-dealkylation sites (tertiary alicyclic amines) is 1. The van der Waals surface area contributed by atoms with Crippen molar-refractivity contribution in [1.29, 1.82) is 0 Å². The lowest BCUT2D eigenvalue weighted by molar-refractivity contribution is -0.146. The lowest BCUT2D eigenvalue weighted by atomic mass is 10.2. The molecular formula is C15H20N2O4. The average molecular weight is 292 g/mol. The zero-order valence-electron chi connectivity index (χ0n) is 12.0. The van der Waals surface area contributed by atoms with Crippen LogP contribution in [0.1, 0.15) is 12.0 Å². The fourth-order valence-electron chi connectivity index (χ4n) is 2.47. The summed E-state index contributed by atoms with van der Waals surface area (Å²) in [6.07, 6.45) is -0.297. The summed E-state index contributed by atoms with van der Waals surface area (Å²) in [4.78, 5) is 25.2. The first-order chi connectivity index (χ1) is 10.1. The van der Waals surface area contributed by atoms with Crippen molar-refractivity contribution in [3.05, 3.63) is 35.9 Å². The maximum Gasteiger partial charge on any atom is 0.323 e. The first-order valence-electron chi connectivity index (χ1n) is 6.90. The first kappa shape index (κ1) is 15.5. The molecule has 0 bridgehead atoms. The molecule has 6 nitrogen and oxygen atoms in total. The van der Waals surface area contributed by atoms with E-state index >= 15 is 0 Å². The Bertz CT molecular complexity index is 492. The highest BCUT2D eigenvalue weighted by Crippen LogP contribution is 2.18. The van der Waals surface area contributed by atoms with Crippen molar-refractivity contribution in [2.75, 3.05) is 20.2 Å². The van der Waals surface area contributed by atoms with Gasteiger partial charge in [0.05, 0.1) is 19.8 Å². The molecule has 1 aliphatic heterocycles. The molecule has 1 amide bonds. The summed E-state index contributed by atoms with van der Waals surface area (Å²) < 4.78 is 4.70. The number of ether oxygens (including phenoxy) is 1. The van der Waals surface area contributed by atoms with E-state index in [1.54, 1.807) is 4.90 Å². The number of carbonyl (C=O) groups is 2.